The molecular formula is C16H28N2O. The van der Waals surface area contributed by atoms with Crippen molar-refractivity contribution < 1.29 is 4.74 Å². The summed E-state index contributed by atoms with van der Waals surface area (Å²) in [6.45, 7) is 13.2. The predicted molar refractivity (Wildman–Crippen MR) is 79.4 cm³/mol. The normalized spacial score (nSPS) is 25.4. The van der Waals surface area contributed by atoms with Gasteiger partial charge in [-0.3, -0.25) is 0 Å². The van der Waals surface area contributed by atoms with Crippen LogP contribution in [0.15, 0.2) is 6.07 Å². The topological polar surface area (TPSA) is 26.2 Å². The van der Waals surface area contributed by atoms with Gasteiger partial charge in [-0.2, -0.15) is 0 Å². The predicted octanol–water partition coefficient (Wildman–Crippen LogP) is 3.03. The highest BCUT2D eigenvalue weighted by Crippen LogP contribution is 2.42. The Balaban J connectivity index is 1.97. The zero-order chi connectivity index (χ0) is 14.2. The Bertz CT molecular complexity index is 448. The van der Waals surface area contributed by atoms with Crippen LogP contribution in [0.3, 0.4) is 0 Å². The first-order valence-corrected chi connectivity index (χ1v) is 7.33. The molecule has 2 rings (SSSR count). The van der Waals surface area contributed by atoms with Crippen LogP contribution < -0.4 is 5.32 Å². The van der Waals surface area contributed by atoms with Gasteiger partial charge in [-0.15, -0.1) is 0 Å². The number of methoxy groups -OCH3 is 1. The molecule has 0 spiro atoms. The molecule has 1 saturated carbocycles. The van der Waals surface area contributed by atoms with Crippen LogP contribution in [0.25, 0.3) is 0 Å². The molecule has 2 unspecified atom stereocenters. The lowest BCUT2D eigenvalue weighted by molar-refractivity contribution is -0.0979. The zero-order valence-electron chi connectivity index (χ0n) is 13.2. The van der Waals surface area contributed by atoms with Gasteiger partial charge in [0.1, 0.15) is 0 Å². The Morgan fingerprint density at radius 2 is 2.11 bits per heavy atom. The molecule has 19 heavy (non-hydrogen) atoms. The van der Waals surface area contributed by atoms with Crippen LogP contribution in [0.2, 0.25) is 0 Å². The second-order valence-corrected chi connectivity index (χ2v) is 6.36. The molecule has 2 atom stereocenters. The largest absolute Gasteiger partial charge is 0.381 e. The van der Waals surface area contributed by atoms with E-state index in [4.69, 9.17) is 4.74 Å². The molecule has 3 nitrogen and oxygen atoms in total. The van der Waals surface area contributed by atoms with Crippen molar-refractivity contribution in [3.8, 4) is 0 Å². The minimum Gasteiger partial charge on any atom is -0.381 e. The van der Waals surface area contributed by atoms with E-state index in [0.29, 0.717) is 12.1 Å². The molecule has 1 aliphatic rings. The third-order valence-electron chi connectivity index (χ3n) is 5.00. The summed E-state index contributed by atoms with van der Waals surface area (Å²) in [5.41, 5.74) is 4.42. The number of ether oxygens (including phenoxy) is 1. The van der Waals surface area contributed by atoms with E-state index < -0.39 is 0 Å². The first kappa shape index (κ1) is 14.6. The van der Waals surface area contributed by atoms with Gasteiger partial charge in [-0.05, 0) is 38.8 Å². The second-order valence-electron chi connectivity index (χ2n) is 6.36. The first-order valence-electron chi connectivity index (χ1n) is 7.33. The van der Waals surface area contributed by atoms with Crippen molar-refractivity contribution in [1.82, 2.24) is 9.88 Å². The first-order chi connectivity index (χ1) is 8.91. The summed E-state index contributed by atoms with van der Waals surface area (Å²) in [5, 5.41) is 3.70. The van der Waals surface area contributed by atoms with Gasteiger partial charge >= 0.3 is 0 Å². The van der Waals surface area contributed by atoms with E-state index >= 15 is 0 Å². The van der Waals surface area contributed by atoms with Crippen LogP contribution in [-0.2, 0) is 17.8 Å². The quantitative estimate of drug-likeness (QED) is 0.884. The summed E-state index contributed by atoms with van der Waals surface area (Å²) < 4.78 is 7.88. The molecule has 1 aromatic heterocycles. The lowest BCUT2D eigenvalue weighted by Crippen LogP contribution is -2.60. The number of aryl methyl sites for hydroxylation is 1. The van der Waals surface area contributed by atoms with Crippen LogP contribution in [0.4, 0.5) is 0 Å². The molecular weight excluding hydrogens is 236 g/mol. The third kappa shape index (κ3) is 2.46. The van der Waals surface area contributed by atoms with Gasteiger partial charge in [0.2, 0.25) is 0 Å². The molecule has 3 heteroatoms. The minimum atomic E-state index is 0.241. The Labute approximate surface area is 117 Å². The molecule has 0 aromatic carbocycles. The van der Waals surface area contributed by atoms with E-state index in [1.807, 2.05) is 7.11 Å². The summed E-state index contributed by atoms with van der Waals surface area (Å²) in [4.78, 5) is 0. The van der Waals surface area contributed by atoms with Crippen LogP contribution >= 0.6 is 0 Å². The van der Waals surface area contributed by atoms with E-state index in [1.54, 1.807) is 0 Å². The second kappa shape index (κ2) is 5.29. The molecule has 1 aliphatic carbocycles. The van der Waals surface area contributed by atoms with Crippen LogP contribution in [0, 0.1) is 19.3 Å². The van der Waals surface area contributed by atoms with Crippen molar-refractivity contribution in [3.63, 3.8) is 0 Å². The number of nitrogens with zero attached hydrogens (tertiary/aromatic N) is 1. The molecule has 0 aliphatic heterocycles. The number of hydrogen-bond acceptors (Lipinski definition) is 2. The molecule has 1 heterocycles. The average Bonchev–Trinajstić information content (AvgIpc) is 2.63. The fourth-order valence-corrected chi connectivity index (χ4v) is 3.40. The van der Waals surface area contributed by atoms with Crippen molar-refractivity contribution in [2.75, 3.05) is 7.11 Å². The molecule has 0 bridgehead atoms. The minimum absolute atomic E-state index is 0.241. The van der Waals surface area contributed by atoms with Crippen molar-refractivity contribution >= 4 is 0 Å². The summed E-state index contributed by atoms with van der Waals surface area (Å²) in [5.74, 6) is 0. The summed E-state index contributed by atoms with van der Waals surface area (Å²) >= 11 is 0. The highest BCUT2D eigenvalue weighted by molar-refractivity contribution is 5.26. The van der Waals surface area contributed by atoms with Gasteiger partial charge in [0.05, 0.1) is 6.10 Å². The fraction of sp³-hybridized carbons (Fsp3) is 0.750. The van der Waals surface area contributed by atoms with Crippen LogP contribution in [0.1, 0.15) is 44.1 Å². The van der Waals surface area contributed by atoms with E-state index in [1.165, 1.54) is 17.0 Å². The maximum absolute atomic E-state index is 5.50. The van der Waals surface area contributed by atoms with Crippen molar-refractivity contribution in [3.05, 3.63) is 23.0 Å². The molecule has 108 valence electrons. The molecule has 0 amide bonds. The van der Waals surface area contributed by atoms with Gasteiger partial charge in [0.25, 0.3) is 0 Å². The van der Waals surface area contributed by atoms with Crippen molar-refractivity contribution in [2.24, 2.45) is 5.41 Å². The van der Waals surface area contributed by atoms with E-state index in [0.717, 1.165) is 19.5 Å². The molecule has 1 N–H and O–H groups in total. The lowest BCUT2D eigenvalue weighted by atomic mass is 9.64. The SMILES string of the molecule is CCn1c(C)cc(CNC2CC(OC)C2(C)C)c1C. The Morgan fingerprint density at radius 1 is 1.42 bits per heavy atom. The van der Waals surface area contributed by atoms with Gasteiger partial charge in [-0.25, -0.2) is 0 Å². The molecule has 0 saturated heterocycles. The Hall–Kier alpha value is -0.800. The van der Waals surface area contributed by atoms with Gasteiger partial charge in [-0.1, -0.05) is 13.8 Å². The monoisotopic (exact) mass is 264 g/mol. The van der Waals surface area contributed by atoms with E-state index in [-0.39, 0.29) is 5.41 Å². The number of nitrogens with one attached hydrogen (secondary N) is 1. The maximum Gasteiger partial charge on any atom is 0.0652 e. The van der Waals surface area contributed by atoms with E-state index in [9.17, 15) is 0 Å². The highest BCUT2D eigenvalue weighted by atomic mass is 16.5. The molecule has 1 fully saturated rings. The van der Waals surface area contributed by atoms with Gasteiger partial charge in [0, 0.05) is 43.0 Å². The van der Waals surface area contributed by atoms with Gasteiger partial charge in [0.15, 0.2) is 0 Å². The fourth-order valence-electron chi connectivity index (χ4n) is 3.40. The van der Waals surface area contributed by atoms with Crippen molar-refractivity contribution in [1.29, 1.82) is 0 Å². The summed E-state index contributed by atoms with van der Waals surface area (Å²) in [7, 11) is 1.82. The standard InChI is InChI=1S/C16H28N2O/c1-7-18-11(2)8-13(12(18)3)10-17-14-9-15(19-6)16(14,4)5/h8,14-15,17H,7,9-10H2,1-6H3. The lowest BCUT2D eigenvalue weighted by Gasteiger charge is -2.51. The molecule has 1 aromatic rings. The van der Waals surface area contributed by atoms with Crippen molar-refractivity contribution in [2.45, 2.75) is 66.3 Å². The summed E-state index contributed by atoms with van der Waals surface area (Å²) in [6, 6.07) is 2.87. The number of rotatable bonds is 5. The number of hydrogen-bond donors (Lipinski definition) is 1. The van der Waals surface area contributed by atoms with Gasteiger partial charge < -0.3 is 14.6 Å². The number of aromatic nitrogens is 1. The van der Waals surface area contributed by atoms with E-state index in [2.05, 4.69) is 50.6 Å². The third-order valence-corrected chi connectivity index (χ3v) is 5.00. The maximum atomic E-state index is 5.50. The Morgan fingerprint density at radius 3 is 2.58 bits per heavy atom. The average molecular weight is 264 g/mol. The van der Waals surface area contributed by atoms with Crippen LogP contribution in [-0.4, -0.2) is 23.8 Å². The smallest absolute Gasteiger partial charge is 0.0652 e. The zero-order valence-corrected chi connectivity index (χ0v) is 13.2. The molecule has 0 radical (unpaired) electrons. The van der Waals surface area contributed by atoms with Crippen LogP contribution in [0.5, 0.6) is 0 Å². The highest BCUT2D eigenvalue weighted by Gasteiger charge is 2.48. The summed E-state index contributed by atoms with van der Waals surface area (Å²) in [6.07, 6.45) is 1.52. The Kier molecular flexibility index (Phi) is 4.07.